The average Bonchev–Trinajstić information content (AvgIpc) is 3.15. The van der Waals surface area contributed by atoms with Gasteiger partial charge in [-0.05, 0) is 18.2 Å². The molecule has 128 valence electrons. The largest absolute Gasteiger partial charge is 0.365 e. The van der Waals surface area contributed by atoms with Gasteiger partial charge in [0.15, 0.2) is 5.84 Å². The smallest absolute Gasteiger partial charge is 0.164 e. The van der Waals surface area contributed by atoms with E-state index in [-0.39, 0.29) is 0 Å². The van der Waals surface area contributed by atoms with Gasteiger partial charge in [-0.1, -0.05) is 18.2 Å². The molecule has 0 saturated carbocycles. The van der Waals surface area contributed by atoms with E-state index in [4.69, 9.17) is 4.99 Å². The Bertz CT molecular complexity index is 787. The highest BCUT2D eigenvalue weighted by molar-refractivity contribution is 6.13. The summed E-state index contributed by atoms with van der Waals surface area (Å²) in [6.45, 7) is 4.70. The molecule has 25 heavy (non-hydrogen) atoms. The van der Waals surface area contributed by atoms with Gasteiger partial charge in [0.1, 0.15) is 11.5 Å². The van der Waals surface area contributed by atoms with E-state index in [0.29, 0.717) is 0 Å². The molecule has 1 aromatic rings. The predicted octanol–water partition coefficient (Wildman–Crippen LogP) is 0.715. The van der Waals surface area contributed by atoms with Gasteiger partial charge in [-0.3, -0.25) is 9.91 Å². The lowest BCUT2D eigenvalue weighted by atomic mass is 10.1. The van der Waals surface area contributed by atoms with Crippen molar-refractivity contribution in [1.29, 1.82) is 0 Å². The molecule has 0 amide bonds. The zero-order chi connectivity index (χ0) is 16.6. The van der Waals surface area contributed by atoms with Crippen molar-refractivity contribution in [2.24, 2.45) is 4.99 Å². The average molecular weight is 335 g/mol. The third-order valence-corrected chi connectivity index (χ3v) is 4.80. The molecule has 0 atom stereocenters. The number of fused-ring (bicyclic) bond motifs is 1. The lowest BCUT2D eigenvalue weighted by molar-refractivity contribution is 0.0461. The van der Waals surface area contributed by atoms with Gasteiger partial charge >= 0.3 is 0 Å². The van der Waals surface area contributed by atoms with Gasteiger partial charge in [-0.15, -0.1) is 0 Å². The summed E-state index contributed by atoms with van der Waals surface area (Å²) in [6, 6.07) is 10.4. The molecule has 0 spiro atoms. The molecule has 3 N–H and O–H groups in total. The summed E-state index contributed by atoms with van der Waals surface area (Å²) in [6.07, 6.45) is 6.13. The maximum absolute atomic E-state index is 4.72. The molecule has 4 aliphatic rings. The Kier molecular flexibility index (Phi) is 3.46. The van der Waals surface area contributed by atoms with Crippen molar-refractivity contribution in [3.8, 4) is 0 Å². The Morgan fingerprint density at radius 3 is 2.68 bits per heavy atom. The number of anilines is 1. The Morgan fingerprint density at radius 1 is 1.00 bits per heavy atom. The molecule has 0 bridgehead atoms. The molecule has 5 rings (SSSR count). The van der Waals surface area contributed by atoms with Gasteiger partial charge in [-0.2, -0.15) is 0 Å². The number of para-hydroxylation sites is 1. The fraction of sp³-hybridized carbons (Fsp3) is 0.278. The fourth-order valence-corrected chi connectivity index (χ4v) is 3.63. The van der Waals surface area contributed by atoms with Gasteiger partial charge in [0.2, 0.25) is 0 Å². The summed E-state index contributed by atoms with van der Waals surface area (Å²) in [4.78, 5) is 6.92. The van der Waals surface area contributed by atoms with Gasteiger partial charge in [0.25, 0.3) is 0 Å². The number of hydrogen-bond acceptors (Lipinski definition) is 7. The SMILES string of the molecule is C1=CN(N2CCNCC2)C2=CC3=C(NCN3)N(c3ccccc3)C2=N1. The number of rotatable bonds is 2. The highest BCUT2D eigenvalue weighted by Crippen LogP contribution is 2.32. The topological polar surface area (TPSA) is 58.2 Å². The fourth-order valence-electron chi connectivity index (χ4n) is 3.63. The Hall–Kier alpha value is -2.77. The van der Waals surface area contributed by atoms with Crippen LogP contribution in [0, 0.1) is 0 Å². The minimum atomic E-state index is 0.728. The molecule has 1 aromatic carbocycles. The number of hydrazine groups is 1. The summed E-state index contributed by atoms with van der Waals surface area (Å²) < 4.78 is 0. The third kappa shape index (κ3) is 2.40. The van der Waals surface area contributed by atoms with E-state index >= 15 is 0 Å². The van der Waals surface area contributed by atoms with E-state index in [1.807, 2.05) is 12.3 Å². The minimum absolute atomic E-state index is 0.728. The Labute approximate surface area is 147 Å². The molecular formula is C18H21N7. The number of amidine groups is 1. The van der Waals surface area contributed by atoms with E-state index in [2.05, 4.69) is 67.4 Å². The first-order valence-electron chi connectivity index (χ1n) is 8.70. The minimum Gasteiger partial charge on any atom is -0.365 e. The molecule has 4 aliphatic heterocycles. The van der Waals surface area contributed by atoms with Crippen molar-refractivity contribution in [2.45, 2.75) is 0 Å². The van der Waals surface area contributed by atoms with Crippen LogP contribution in [-0.4, -0.2) is 48.7 Å². The van der Waals surface area contributed by atoms with Crippen molar-refractivity contribution >= 4 is 11.5 Å². The maximum Gasteiger partial charge on any atom is 0.164 e. The van der Waals surface area contributed by atoms with Crippen LogP contribution in [0.2, 0.25) is 0 Å². The lowest BCUT2D eigenvalue weighted by Gasteiger charge is -2.42. The number of nitrogens with one attached hydrogen (secondary N) is 3. The van der Waals surface area contributed by atoms with Crippen LogP contribution in [-0.2, 0) is 0 Å². The van der Waals surface area contributed by atoms with Crippen LogP contribution in [0.15, 0.2) is 71.0 Å². The van der Waals surface area contributed by atoms with Gasteiger partial charge < -0.3 is 16.0 Å². The quantitative estimate of drug-likeness (QED) is 0.740. The van der Waals surface area contributed by atoms with Crippen LogP contribution in [0.1, 0.15) is 0 Å². The second kappa shape index (κ2) is 5.94. The molecule has 7 heteroatoms. The first-order chi connectivity index (χ1) is 12.4. The number of allylic oxidation sites excluding steroid dienone is 1. The molecule has 4 heterocycles. The number of benzene rings is 1. The second-order valence-electron chi connectivity index (χ2n) is 6.29. The molecule has 0 aliphatic carbocycles. The molecule has 0 unspecified atom stereocenters. The van der Waals surface area contributed by atoms with E-state index in [0.717, 1.165) is 61.6 Å². The Balaban J connectivity index is 1.58. The van der Waals surface area contributed by atoms with Crippen LogP contribution >= 0.6 is 0 Å². The molecule has 1 saturated heterocycles. The molecule has 0 radical (unpaired) electrons. The molecule has 1 fully saturated rings. The van der Waals surface area contributed by atoms with Crippen LogP contribution in [0.3, 0.4) is 0 Å². The van der Waals surface area contributed by atoms with Crippen LogP contribution in [0.25, 0.3) is 0 Å². The number of hydrogen-bond donors (Lipinski definition) is 3. The van der Waals surface area contributed by atoms with E-state index in [9.17, 15) is 0 Å². The summed E-state index contributed by atoms with van der Waals surface area (Å²) in [5.74, 6) is 2.01. The standard InChI is InChI=1S/C18H21N7/c1-2-4-14(5-3-1)25-17-15(21-13-22-17)12-16-18(25)20-8-11-24(16)23-9-6-19-7-10-23/h1-5,8,11-12,19,21-22H,6-7,9-10,13H2. The van der Waals surface area contributed by atoms with Crippen molar-refractivity contribution in [2.75, 3.05) is 37.7 Å². The van der Waals surface area contributed by atoms with Crippen molar-refractivity contribution < 1.29 is 0 Å². The van der Waals surface area contributed by atoms with Crippen LogP contribution in [0.4, 0.5) is 5.69 Å². The zero-order valence-corrected chi connectivity index (χ0v) is 13.9. The van der Waals surface area contributed by atoms with Crippen molar-refractivity contribution in [3.63, 3.8) is 0 Å². The molecular weight excluding hydrogens is 314 g/mol. The monoisotopic (exact) mass is 335 g/mol. The summed E-state index contributed by atoms with van der Waals surface area (Å²) in [5.41, 5.74) is 3.31. The maximum atomic E-state index is 4.72. The first kappa shape index (κ1) is 14.6. The van der Waals surface area contributed by atoms with Crippen LogP contribution in [0.5, 0.6) is 0 Å². The van der Waals surface area contributed by atoms with E-state index in [1.54, 1.807) is 0 Å². The number of aliphatic imine (C=N–C) groups is 1. The number of nitrogens with zero attached hydrogens (tertiary/aromatic N) is 4. The zero-order valence-electron chi connectivity index (χ0n) is 13.9. The summed E-state index contributed by atoms with van der Waals surface area (Å²) >= 11 is 0. The van der Waals surface area contributed by atoms with E-state index in [1.165, 1.54) is 0 Å². The molecule has 0 aromatic heterocycles. The highest BCUT2D eigenvalue weighted by atomic mass is 15.6. The Morgan fingerprint density at radius 2 is 1.84 bits per heavy atom. The second-order valence-corrected chi connectivity index (χ2v) is 6.29. The van der Waals surface area contributed by atoms with Gasteiger partial charge in [0, 0.05) is 44.3 Å². The van der Waals surface area contributed by atoms with Crippen molar-refractivity contribution in [3.05, 3.63) is 66.0 Å². The normalized spacial score (nSPS) is 22.7. The third-order valence-electron chi connectivity index (χ3n) is 4.80. The predicted molar refractivity (Wildman–Crippen MR) is 98.0 cm³/mol. The van der Waals surface area contributed by atoms with E-state index < -0.39 is 0 Å². The summed E-state index contributed by atoms with van der Waals surface area (Å²) in [5, 5.41) is 14.9. The van der Waals surface area contributed by atoms with Gasteiger partial charge in [0.05, 0.1) is 12.4 Å². The molecule has 7 nitrogen and oxygen atoms in total. The highest BCUT2D eigenvalue weighted by Gasteiger charge is 2.35. The van der Waals surface area contributed by atoms with Gasteiger partial charge in [-0.25, -0.2) is 10.0 Å². The van der Waals surface area contributed by atoms with Crippen LogP contribution < -0.4 is 20.9 Å². The lowest BCUT2D eigenvalue weighted by Crippen LogP contribution is -2.53. The van der Waals surface area contributed by atoms with Crippen molar-refractivity contribution in [1.82, 2.24) is 26.0 Å². The summed E-state index contributed by atoms with van der Waals surface area (Å²) in [7, 11) is 0. The first-order valence-corrected chi connectivity index (χ1v) is 8.70. The number of piperazine rings is 1.